The number of nitrogens with two attached hydrogens (primary N) is 1. The molecular formula is C12H11FN2OS. The molecule has 0 fully saturated rings. The second-order valence-electron chi connectivity index (χ2n) is 3.60. The Kier molecular flexibility index (Phi) is 3.39. The Morgan fingerprint density at radius 2 is 2.24 bits per heavy atom. The molecule has 0 aliphatic heterocycles. The summed E-state index contributed by atoms with van der Waals surface area (Å²) in [7, 11) is 0. The van der Waals surface area contributed by atoms with Crippen LogP contribution in [0.2, 0.25) is 0 Å². The van der Waals surface area contributed by atoms with E-state index >= 15 is 0 Å². The molecule has 1 aromatic heterocycles. The fourth-order valence-electron chi connectivity index (χ4n) is 1.41. The molecule has 3 nitrogen and oxygen atoms in total. The van der Waals surface area contributed by atoms with Crippen LogP contribution in [0.15, 0.2) is 35.0 Å². The lowest BCUT2D eigenvalue weighted by Gasteiger charge is -2.06. The van der Waals surface area contributed by atoms with E-state index in [0.717, 1.165) is 5.56 Å². The van der Waals surface area contributed by atoms with Crippen LogP contribution in [0, 0.1) is 5.82 Å². The number of amides is 1. The van der Waals surface area contributed by atoms with E-state index in [4.69, 9.17) is 5.73 Å². The van der Waals surface area contributed by atoms with Gasteiger partial charge in [-0.25, -0.2) is 4.39 Å². The lowest BCUT2D eigenvalue weighted by Crippen LogP contribution is -2.15. The predicted molar refractivity (Wildman–Crippen MR) is 67.5 cm³/mol. The highest BCUT2D eigenvalue weighted by Crippen LogP contribution is 2.17. The third-order valence-corrected chi connectivity index (χ3v) is 2.94. The molecule has 0 spiro atoms. The summed E-state index contributed by atoms with van der Waals surface area (Å²) >= 11 is 1.52. The molecule has 0 aliphatic rings. The maximum Gasteiger partial charge on any atom is 0.228 e. The van der Waals surface area contributed by atoms with Crippen molar-refractivity contribution in [1.82, 2.24) is 0 Å². The first kappa shape index (κ1) is 11.6. The molecule has 0 radical (unpaired) electrons. The van der Waals surface area contributed by atoms with Crippen molar-refractivity contribution in [3.05, 3.63) is 46.4 Å². The highest BCUT2D eigenvalue weighted by molar-refractivity contribution is 7.08. The number of carbonyl (C=O) groups is 1. The first-order valence-corrected chi connectivity index (χ1v) is 5.95. The molecule has 17 heavy (non-hydrogen) atoms. The zero-order valence-electron chi connectivity index (χ0n) is 8.94. The number of hydrogen-bond acceptors (Lipinski definition) is 3. The summed E-state index contributed by atoms with van der Waals surface area (Å²) in [6.07, 6.45) is 0.243. The second kappa shape index (κ2) is 4.97. The van der Waals surface area contributed by atoms with Gasteiger partial charge < -0.3 is 11.1 Å². The van der Waals surface area contributed by atoms with Crippen LogP contribution in [0.25, 0.3) is 0 Å². The topological polar surface area (TPSA) is 55.1 Å². The van der Waals surface area contributed by atoms with Crippen molar-refractivity contribution < 1.29 is 9.18 Å². The molecule has 0 aliphatic carbocycles. The highest BCUT2D eigenvalue weighted by atomic mass is 32.1. The summed E-state index contributed by atoms with van der Waals surface area (Å²) in [5, 5.41) is 6.29. The van der Waals surface area contributed by atoms with Gasteiger partial charge in [-0.2, -0.15) is 11.3 Å². The third kappa shape index (κ3) is 3.04. The molecule has 0 unspecified atom stereocenters. The van der Waals surface area contributed by atoms with Crippen molar-refractivity contribution >= 4 is 28.6 Å². The predicted octanol–water partition coefficient (Wildman–Crippen LogP) is 2.65. The molecule has 1 amide bonds. The number of benzene rings is 1. The number of thiophene rings is 1. The first-order chi connectivity index (χ1) is 8.15. The Bertz CT molecular complexity index is 525. The Morgan fingerprint density at radius 1 is 1.41 bits per heavy atom. The molecule has 0 bridgehead atoms. The summed E-state index contributed by atoms with van der Waals surface area (Å²) < 4.78 is 13.4. The monoisotopic (exact) mass is 250 g/mol. The van der Waals surface area contributed by atoms with E-state index in [1.807, 2.05) is 16.8 Å². The van der Waals surface area contributed by atoms with Crippen LogP contribution < -0.4 is 11.1 Å². The summed E-state index contributed by atoms with van der Waals surface area (Å²) in [4.78, 5) is 11.6. The van der Waals surface area contributed by atoms with E-state index in [1.165, 1.54) is 23.5 Å². The number of nitrogens with one attached hydrogen (secondary N) is 1. The lowest BCUT2D eigenvalue weighted by atomic mass is 10.2. The van der Waals surface area contributed by atoms with Crippen molar-refractivity contribution in [2.45, 2.75) is 6.42 Å². The minimum Gasteiger partial charge on any atom is -0.399 e. The van der Waals surface area contributed by atoms with Crippen molar-refractivity contribution in [1.29, 1.82) is 0 Å². The zero-order valence-corrected chi connectivity index (χ0v) is 9.76. The van der Waals surface area contributed by atoms with Gasteiger partial charge in [-0.3, -0.25) is 4.79 Å². The van der Waals surface area contributed by atoms with E-state index in [1.54, 1.807) is 6.07 Å². The molecule has 5 heteroatoms. The van der Waals surface area contributed by atoms with Crippen LogP contribution in [0.3, 0.4) is 0 Å². The van der Waals surface area contributed by atoms with Gasteiger partial charge in [0.05, 0.1) is 12.1 Å². The van der Waals surface area contributed by atoms with Gasteiger partial charge in [0.2, 0.25) is 5.91 Å². The highest BCUT2D eigenvalue weighted by Gasteiger charge is 2.08. The summed E-state index contributed by atoms with van der Waals surface area (Å²) in [5.41, 5.74) is 6.82. The Morgan fingerprint density at radius 3 is 2.88 bits per heavy atom. The van der Waals surface area contributed by atoms with E-state index in [9.17, 15) is 9.18 Å². The van der Waals surface area contributed by atoms with Gasteiger partial charge in [0.25, 0.3) is 0 Å². The molecule has 2 aromatic rings. The average Bonchev–Trinajstić information content (AvgIpc) is 2.75. The number of halogens is 1. The molecule has 0 saturated heterocycles. The summed E-state index contributed by atoms with van der Waals surface area (Å²) in [5.74, 6) is -0.768. The number of nitrogen functional groups attached to an aromatic ring is 1. The van der Waals surface area contributed by atoms with Crippen LogP contribution >= 0.6 is 11.3 Å². The Balaban J connectivity index is 2.03. The molecular weight excluding hydrogens is 239 g/mol. The second-order valence-corrected chi connectivity index (χ2v) is 4.38. The molecule has 0 saturated carbocycles. The van der Waals surface area contributed by atoms with Crippen LogP contribution in [0.5, 0.6) is 0 Å². The van der Waals surface area contributed by atoms with Crippen molar-refractivity contribution in [2.24, 2.45) is 0 Å². The standard InChI is InChI=1S/C12H11FN2OS/c13-10-6-9(14)1-2-11(10)15-12(16)5-8-3-4-17-7-8/h1-4,6-7H,5,14H2,(H,15,16). The quantitative estimate of drug-likeness (QED) is 0.823. The van der Waals surface area contributed by atoms with Gasteiger partial charge in [-0.05, 0) is 40.6 Å². The van der Waals surface area contributed by atoms with Gasteiger partial charge in [-0.1, -0.05) is 0 Å². The van der Waals surface area contributed by atoms with Crippen molar-refractivity contribution in [2.75, 3.05) is 11.1 Å². The Labute approximate surface area is 102 Å². The lowest BCUT2D eigenvalue weighted by molar-refractivity contribution is -0.115. The van der Waals surface area contributed by atoms with Gasteiger partial charge >= 0.3 is 0 Å². The fraction of sp³-hybridized carbons (Fsp3) is 0.0833. The van der Waals surface area contributed by atoms with Gasteiger partial charge in [0, 0.05) is 5.69 Å². The fourth-order valence-corrected chi connectivity index (χ4v) is 2.07. The number of rotatable bonds is 3. The smallest absolute Gasteiger partial charge is 0.228 e. The third-order valence-electron chi connectivity index (χ3n) is 2.21. The van der Waals surface area contributed by atoms with E-state index in [0.29, 0.717) is 5.69 Å². The van der Waals surface area contributed by atoms with E-state index in [-0.39, 0.29) is 18.0 Å². The van der Waals surface area contributed by atoms with Crippen LogP contribution in [0.1, 0.15) is 5.56 Å². The van der Waals surface area contributed by atoms with E-state index < -0.39 is 5.82 Å². The molecule has 3 N–H and O–H groups in total. The van der Waals surface area contributed by atoms with Gasteiger partial charge in [0.15, 0.2) is 0 Å². The molecule has 1 aromatic carbocycles. The van der Waals surface area contributed by atoms with Gasteiger partial charge in [0.1, 0.15) is 5.82 Å². The number of anilines is 2. The molecule has 0 atom stereocenters. The van der Waals surface area contributed by atoms with Crippen molar-refractivity contribution in [3.63, 3.8) is 0 Å². The minimum atomic E-state index is -0.524. The summed E-state index contributed by atoms with van der Waals surface area (Å²) in [6.45, 7) is 0. The van der Waals surface area contributed by atoms with Crippen LogP contribution in [-0.4, -0.2) is 5.91 Å². The summed E-state index contributed by atoms with van der Waals surface area (Å²) in [6, 6.07) is 6.04. The van der Waals surface area contributed by atoms with Crippen LogP contribution in [0.4, 0.5) is 15.8 Å². The minimum absolute atomic E-state index is 0.152. The van der Waals surface area contributed by atoms with Crippen molar-refractivity contribution in [3.8, 4) is 0 Å². The average molecular weight is 250 g/mol. The molecule has 88 valence electrons. The maximum atomic E-state index is 13.4. The largest absolute Gasteiger partial charge is 0.399 e. The first-order valence-electron chi connectivity index (χ1n) is 5.01. The maximum absolute atomic E-state index is 13.4. The van der Waals surface area contributed by atoms with Crippen LogP contribution in [-0.2, 0) is 11.2 Å². The normalized spacial score (nSPS) is 10.2. The molecule has 1 heterocycles. The van der Waals surface area contributed by atoms with Gasteiger partial charge in [-0.15, -0.1) is 0 Å². The molecule has 2 rings (SSSR count). The zero-order chi connectivity index (χ0) is 12.3. The number of hydrogen-bond donors (Lipinski definition) is 2. The Hall–Kier alpha value is -1.88. The SMILES string of the molecule is Nc1ccc(NC(=O)Cc2ccsc2)c(F)c1. The number of carbonyl (C=O) groups excluding carboxylic acids is 1. The van der Waals surface area contributed by atoms with E-state index in [2.05, 4.69) is 5.32 Å².